The predicted octanol–water partition coefficient (Wildman–Crippen LogP) is 0.612. The van der Waals surface area contributed by atoms with Crippen LogP contribution < -0.4 is 0 Å². The Morgan fingerprint density at radius 2 is 2.80 bits per heavy atom. The van der Waals surface area contributed by atoms with Gasteiger partial charge in [-0.15, -0.1) is 0 Å². The average molecular weight is 90.0 g/mol. The average Bonchev–Trinajstić information content (AvgIpc) is 1.76. The van der Waals surface area contributed by atoms with Crippen molar-refractivity contribution in [3.8, 4) is 0 Å². The van der Waals surface area contributed by atoms with Crippen LogP contribution in [0.5, 0.6) is 0 Å². The molecule has 0 spiro atoms. The van der Waals surface area contributed by atoms with Crippen LogP contribution in [0.15, 0.2) is 0 Å². The van der Waals surface area contributed by atoms with E-state index in [0.717, 1.165) is 8.43 Å². The van der Waals surface area contributed by atoms with Gasteiger partial charge in [-0.1, -0.05) is 0 Å². The van der Waals surface area contributed by atoms with Crippen LogP contribution in [0.1, 0.15) is 0 Å². The van der Waals surface area contributed by atoms with Gasteiger partial charge in [-0.05, 0) is 5.80 Å². The lowest BCUT2D eigenvalue weighted by Gasteiger charge is -1.76. The molecule has 1 heterocycles. The lowest BCUT2D eigenvalue weighted by atomic mass is 10.9. The van der Waals surface area contributed by atoms with Gasteiger partial charge in [0.1, 0.15) is 6.61 Å². The summed E-state index contributed by atoms with van der Waals surface area (Å²) in [7, 11) is 0.844. The minimum Gasteiger partial charge on any atom is -0.223 e. The lowest BCUT2D eigenvalue weighted by Crippen LogP contribution is -1.77. The van der Waals surface area contributed by atoms with Crippen molar-refractivity contribution in [3.05, 3.63) is 0 Å². The molecule has 1 rings (SSSR count). The van der Waals surface area contributed by atoms with E-state index in [-0.39, 0.29) is 0 Å². The van der Waals surface area contributed by atoms with Crippen LogP contribution in [0.2, 0.25) is 0 Å². The van der Waals surface area contributed by atoms with Crippen LogP contribution in [0.25, 0.3) is 0 Å². The lowest BCUT2D eigenvalue weighted by molar-refractivity contribution is -0.169. The Kier molecular flexibility index (Phi) is 0.991. The van der Waals surface area contributed by atoms with Crippen molar-refractivity contribution in [1.29, 1.82) is 0 Å². The van der Waals surface area contributed by atoms with Gasteiger partial charge < -0.3 is 0 Å². The van der Waals surface area contributed by atoms with Crippen molar-refractivity contribution < 1.29 is 9.56 Å². The van der Waals surface area contributed by atoms with Gasteiger partial charge in [0.05, 0.1) is 8.43 Å². The molecule has 28 valence electrons. The quantitative estimate of drug-likeness (QED) is 0.320. The molecule has 0 unspecified atom stereocenters. The molecular weight excluding hydrogens is 87.0 g/mol. The van der Waals surface area contributed by atoms with Gasteiger partial charge in [0, 0.05) is 0 Å². The third kappa shape index (κ3) is 0.690. The van der Waals surface area contributed by atoms with E-state index >= 15 is 0 Å². The second-order valence-corrected chi connectivity index (χ2v) is 1.37. The molecular formula is C2H3O2P. The first-order chi connectivity index (χ1) is 2.50. The number of rotatable bonds is 0. The molecule has 3 heteroatoms. The Labute approximate surface area is 31.5 Å². The minimum absolute atomic E-state index is 0.640. The summed E-state index contributed by atoms with van der Waals surface area (Å²) in [5, 5.41) is 0. The van der Waals surface area contributed by atoms with Gasteiger partial charge in [0.15, 0.2) is 0 Å². The normalized spacial score (nSPS) is 24.0. The molecule has 1 aliphatic rings. The fraction of sp³-hybridized carbons (Fsp3) is 0.500. The fourth-order valence-corrected chi connectivity index (χ4v) is 0.456. The zero-order valence-corrected chi connectivity index (χ0v) is 3.44. The van der Waals surface area contributed by atoms with E-state index in [9.17, 15) is 0 Å². The predicted molar refractivity (Wildman–Crippen MR) is 20.0 cm³/mol. The Morgan fingerprint density at radius 1 is 1.80 bits per heavy atom. The van der Waals surface area contributed by atoms with Crippen molar-refractivity contribution in [2.45, 2.75) is 0 Å². The monoisotopic (exact) mass is 90.0 g/mol. The van der Waals surface area contributed by atoms with Gasteiger partial charge >= 0.3 is 0 Å². The molecule has 0 N–H and O–H groups in total. The van der Waals surface area contributed by atoms with Crippen LogP contribution in [0, 0.1) is 0 Å². The molecule has 0 aromatic rings. The van der Waals surface area contributed by atoms with Crippen molar-refractivity contribution in [2.75, 3.05) is 6.61 Å². The first-order valence-corrected chi connectivity index (χ1v) is 2.19. The first-order valence-electron chi connectivity index (χ1n) is 1.30. The minimum atomic E-state index is 0.640. The number of hydrogen-bond acceptors (Lipinski definition) is 2. The molecule has 0 aromatic heterocycles. The zero-order chi connectivity index (χ0) is 3.54. The van der Waals surface area contributed by atoms with E-state index in [1.165, 1.54) is 0 Å². The van der Waals surface area contributed by atoms with Crippen molar-refractivity contribution in [3.63, 3.8) is 0 Å². The van der Waals surface area contributed by atoms with Gasteiger partial charge in [-0.2, -0.15) is 4.67 Å². The molecule has 0 saturated heterocycles. The van der Waals surface area contributed by atoms with E-state index in [4.69, 9.17) is 0 Å². The standard InChI is InChI=1S/C2H3O2P/c1-2-5-4-3-1/h2H,1H2. The highest BCUT2D eigenvalue weighted by Crippen LogP contribution is 2.02. The van der Waals surface area contributed by atoms with E-state index in [1.807, 2.05) is 5.80 Å². The Bertz CT molecular complexity index is 45.6. The van der Waals surface area contributed by atoms with Crippen molar-refractivity contribution >= 4 is 14.2 Å². The van der Waals surface area contributed by atoms with Crippen molar-refractivity contribution in [2.24, 2.45) is 0 Å². The first kappa shape index (κ1) is 3.29. The van der Waals surface area contributed by atoms with Gasteiger partial charge in [-0.3, -0.25) is 0 Å². The largest absolute Gasteiger partial charge is 0.223 e. The van der Waals surface area contributed by atoms with Crippen LogP contribution in [-0.4, -0.2) is 12.4 Å². The molecule has 0 aliphatic carbocycles. The molecule has 5 heavy (non-hydrogen) atoms. The summed E-state index contributed by atoms with van der Waals surface area (Å²) in [6.45, 7) is 0.640. The van der Waals surface area contributed by atoms with Gasteiger partial charge in [0.2, 0.25) is 0 Å². The van der Waals surface area contributed by atoms with Crippen LogP contribution in [0.4, 0.5) is 0 Å². The molecule has 0 fully saturated rings. The summed E-state index contributed by atoms with van der Waals surface area (Å²) < 4.78 is 4.36. The molecule has 1 aliphatic heterocycles. The second-order valence-electron chi connectivity index (χ2n) is 0.647. The molecule has 0 aromatic carbocycles. The second kappa shape index (κ2) is 1.51. The maximum absolute atomic E-state index is 4.38. The van der Waals surface area contributed by atoms with E-state index in [0.29, 0.717) is 6.61 Å². The van der Waals surface area contributed by atoms with E-state index in [2.05, 4.69) is 9.56 Å². The molecule has 0 amide bonds. The van der Waals surface area contributed by atoms with Gasteiger partial charge in [0.25, 0.3) is 0 Å². The summed E-state index contributed by atoms with van der Waals surface area (Å²) in [5.41, 5.74) is 0. The topological polar surface area (TPSA) is 18.5 Å². The smallest absolute Gasteiger partial charge is 0.108 e. The highest BCUT2D eigenvalue weighted by atomic mass is 31.1. The third-order valence-electron chi connectivity index (χ3n) is 0.313. The highest BCUT2D eigenvalue weighted by Gasteiger charge is 1.85. The summed E-state index contributed by atoms with van der Waals surface area (Å²) in [6, 6.07) is 0. The van der Waals surface area contributed by atoms with E-state index < -0.39 is 0 Å². The Morgan fingerprint density at radius 3 is 3.00 bits per heavy atom. The Balaban J connectivity index is 2.32. The maximum atomic E-state index is 4.38. The summed E-state index contributed by atoms with van der Waals surface area (Å²) >= 11 is 0. The fourth-order valence-electron chi connectivity index (χ4n) is 0.152. The summed E-state index contributed by atoms with van der Waals surface area (Å²) in [5.74, 6) is 1.89. The molecule has 0 saturated carbocycles. The molecule has 2 nitrogen and oxygen atoms in total. The Hall–Kier alpha value is 0.0900. The summed E-state index contributed by atoms with van der Waals surface area (Å²) in [6.07, 6.45) is 0. The number of hydrogen-bond donors (Lipinski definition) is 0. The van der Waals surface area contributed by atoms with Crippen LogP contribution in [-0.2, 0) is 9.56 Å². The summed E-state index contributed by atoms with van der Waals surface area (Å²) in [4.78, 5) is 4.38. The van der Waals surface area contributed by atoms with Crippen LogP contribution in [0.3, 0.4) is 0 Å². The zero-order valence-electron chi connectivity index (χ0n) is 2.55. The third-order valence-corrected chi connectivity index (χ3v) is 0.802. The maximum Gasteiger partial charge on any atom is 0.108 e. The van der Waals surface area contributed by atoms with Gasteiger partial charge in [-0.25, -0.2) is 4.89 Å². The van der Waals surface area contributed by atoms with Crippen molar-refractivity contribution in [1.82, 2.24) is 0 Å². The van der Waals surface area contributed by atoms with Crippen LogP contribution >= 0.6 is 8.43 Å². The molecule has 0 bridgehead atoms. The SMILES string of the molecule is C1=POOC1. The molecule has 0 radical (unpaired) electrons. The highest BCUT2D eigenvalue weighted by molar-refractivity contribution is 7.33. The molecule has 0 atom stereocenters. The van der Waals surface area contributed by atoms with E-state index in [1.54, 1.807) is 0 Å².